The number of hydrogen-bond donors (Lipinski definition) is 2. The molecule has 4 heterocycles. The summed E-state index contributed by atoms with van der Waals surface area (Å²) >= 11 is 12.7. The molecule has 8 rings (SSSR count). The van der Waals surface area contributed by atoms with Gasteiger partial charge in [0.25, 0.3) is 0 Å². The quantitative estimate of drug-likeness (QED) is 0.122. The standard InChI is InChI=1S/C44H41Cl2N5.H3N/c1-2-3-8-19-44(47,24-34-22-38-36-15-4-6-17-40(36)50(42(38)26-48-34)28-30-11-9-13-32(45)20-30)25-35-23-39-37-16-5-7-18-41(37)51(43(39)27-49-35)29-31-12-10-14-33(46)21-31;/h4-7,9-18,20-23,26-27H,2-3,8,19,24-25,28-29,47H2,1H3;1H3. The smallest absolute Gasteiger partial charge is 0.0681 e. The van der Waals surface area contributed by atoms with Gasteiger partial charge in [-0.05, 0) is 66.1 Å². The second-order valence-electron chi connectivity index (χ2n) is 14.0. The summed E-state index contributed by atoms with van der Waals surface area (Å²) in [6.45, 7) is 3.67. The zero-order valence-electron chi connectivity index (χ0n) is 29.5. The number of para-hydroxylation sites is 2. The van der Waals surface area contributed by atoms with Crippen LogP contribution in [-0.2, 0) is 25.9 Å². The zero-order chi connectivity index (χ0) is 35.0. The topological polar surface area (TPSA) is 96.7 Å². The number of hydrogen-bond acceptors (Lipinski definition) is 4. The number of pyridine rings is 2. The van der Waals surface area contributed by atoms with E-state index in [4.69, 9.17) is 38.9 Å². The summed E-state index contributed by atoms with van der Waals surface area (Å²) in [7, 11) is 0. The van der Waals surface area contributed by atoms with Gasteiger partial charge in [-0.2, -0.15) is 0 Å². The summed E-state index contributed by atoms with van der Waals surface area (Å²) in [5.41, 5.74) is 15.8. The SMILES string of the molecule is CCCCCC(N)(Cc1cc2c3ccccc3n(Cc3cccc(Cl)c3)c2cn1)Cc1cc2c3ccccc3n(Cc3cccc(Cl)c3)c2cn1.N. The van der Waals surface area contributed by atoms with E-state index in [2.05, 4.69) is 88.9 Å². The van der Waals surface area contributed by atoms with Gasteiger partial charge in [-0.1, -0.05) is 110 Å². The van der Waals surface area contributed by atoms with Crippen molar-refractivity contribution in [3.63, 3.8) is 0 Å². The minimum Gasteiger partial charge on any atom is -0.344 e. The van der Waals surface area contributed by atoms with Crippen LogP contribution in [0.3, 0.4) is 0 Å². The molecule has 0 aliphatic carbocycles. The van der Waals surface area contributed by atoms with E-state index in [1.54, 1.807) is 0 Å². The molecule has 4 aromatic heterocycles. The van der Waals surface area contributed by atoms with Crippen LogP contribution in [0.4, 0.5) is 0 Å². The molecule has 0 atom stereocenters. The molecule has 0 fully saturated rings. The van der Waals surface area contributed by atoms with Gasteiger partial charge < -0.3 is 21.0 Å². The third-order valence-electron chi connectivity index (χ3n) is 10.2. The third-order valence-corrected chi connectivity index (χ3v) is 10.7. The average Bonchev–Trinajstić information content (AvgIpc) is 3.60. The Morgan fingerprint density at radius 2 is 1.06 bits per heavy atom. The van der Waals surface area contributed by atoms with Gasteiger partial charge in [-0.3, -0.25) is 9.97 Å². The molecule has 8 heteroatoms. The molecule has 0 saturated carbocycles. The van der Waals surface area contributed by atoms with E-state index >= 15 is 0 Å². The fourth-order valence-corrected chi connectivity index (χ4v) is 8.26. The number of unbranched alkanes of at least 4 members (excludes halogenated alkanes) is 2. The number of halogens is 2. The first-order valence-electron chi connectivity index (χ1n) is 17.9. The van der Waals surface area contributed by atoms with Crippen molar-refractivity contribution in [3.05, 3.63) is 154 Å². The Hall–Kier alpha value is -4.72. The Morgan fingerprint density at radius 3 is 1.52 bits per heavy atom. The van der Waals surface area contributed by atoms with Crippen molar-refractivity contribution in [2.45, 2.75) is 64.1 Å². The molecular weight excluding hydrogens is 683 g/mol. The van der Waals surface area contributed by atoms with Crippen molar-refractivity contribution < 1.29 is 0 Å². The lowest BCUT2D eigenvalue weighted by Gasteiger charge is -2.29. The number of nitrogens with two attached hydrogens (primary N) is 1. The maximum Gasteiger partial charge on any atom is 0.0681 e. The molecule has 0 radical (unpaired) electrons. The normalized spacial score (nSPS) is 11.9. The van der Waals surface area contributed by atoms with Gasteiger partial charge in [0.15, 0.2) is 0 Å². The molecule has 4 aromatic carbocycles. The van der Waals surface area contributed by atoms with Crippen LogP contribution in [0.25, 0.3) is 43.6 Å². The Morgan fingerprint density at radius 1 is 0.577 bits per heavy atom. The van der Waals surface area contributed by atoms with Gasteiger partial charge >= 0.3 is 0 Å². The second-order valence-corrected chi connectivity index (χ2v) is 14.9. The summed E-state index contributed by atoms with van der Waals surface area (Å²) in [5, 5.41) is 6.31. The fourth-order valence-electron chi connectivity index (χ4n) is 7.84. The molecule has 0 aliphatic heterocycles. The first-order chi connectivity index (χ1) is 24.9. The highest BCUT2D eigenvalue weighted by atomic mass is 35.5. The second kappa shape index (κ2) is 15.1. The lowest BCUT2D eigenvalue weighted by molar-refractivity contribution is 0.365. The Bertz CT molecular complexity index is 2350. The van der Waals surface area contributed by atoms with Crippen LogP contribution in [0.15, 0.2) is 122 Å². The fraction of sp³-hybridized carbons (Fsp3) is 0.227. The molecular formula is C44H44Cl2N6. The number of rotatable bonds is 12. The highest BCUT2D eigenvalue weighted by Crippen LogP contribution is 2.34. The van der Waals surface area contributed by atoms with Crippen LogP contribution in [0.5, 0.6) is 0 Å². The predicted molar refractivity (Wildman–Crippen MR) is 219 cm³/mol. The van der Waals surface area contributed by atoms with Gasteiger partial charge in [0.1, 0.15) is 0 Å². The summed E-state index contributed by atoms with van der Waals surface area (Å²) in [6.07, 6.45) is 9.63. The van der Waals surface area contributed by atoms with Gasteiger partial charge in [-0.25, -0.2) is 0 Å². The maximum atomic E-state index is 7.44. The van der Waals surface area contributed by atoms with Crippen molar-refractivity contribution in [2.24, 2.45) is 5.73 Å². The molecule has 0 aliphatic rings. The van der Waals surface area contributed by atoms with Crippen molar-refractivity contribution in [1.29, 1.82) is 0 Å². The van der Waals surface area contributed by atoms with Crippen molar-refractivity contribution in [2.75, 3.05) is 0 Å². The van der Waals surface area contributed by atoms with E-state index in [0.717, 1.165) is 69.3 Å². The summed E-state index contributed by atoms with van der Waals surface area (Å²) in [5.74, 6) is 0. The van der Waals surface area contributed by atoms with Crippen LogP contribution in [-0.4, -0.2) is 24.6 Å². The molecule has 52 heavy (non-hydrogen) atoms. The summed E-state index contributed by atoms with van der Waals surface area (Å²) in [4.78, 5) is 10.1. The van der Waals surface area contributed by atoms with Crippen molar-refractivity contribution in [1.82, 2.24) is 25.3 Å². The highest BCUT2D eigenvalue weighted by molar-refractivity contribution is 6.31. The molecule has 5 N–H and O–H groups in total. The zero-order valence-corrected chi connectivity index (χ0v) is 31.0. The van der Waals surface area contributed by atoms with Crippen LogP contribution in [0.1, 0.15) is 55.1 Å². The Kier molecular flexibility index (Phi) is 10.4. The van der Waals surface area contributed by atoms with Crippen molar-refractivity contribution in [3.8, 4) is 0 Å². The van der Waals surface area contributed by atoms with E-state index in [9.17, 15) is 0 Å². The molecule has 0 bridgehead atoms. The van der Waals surface area contributed by atoms with Gasteiger partial charge in [0.2, 0.25) is 0 Å². The van der Waals surface area contributed by atoms with E-state index in [1.807, 2.05) is 48.8 Å². The lowest BCUT2D eigenvalue weighted by atomic mass is 9.83. The highest BCUT2D eigenvalue weighted by Gasteiger charge is 2.28. The number of nitrogens with zero attached hydrogens (tertiary/aromatic N) is 4. The van der Waals surface area contributed by atoms with Crippen LogP contribution in [0, 0.1) is 0 Å². The minimum absolute atomic E-state index is 0. The lowest BCUT2D eigenvalue weighted by Crippen LogP contribution is -2.44. The average molecular weight is 728 g/mol. The Balaban J connectivity index is 0.00000420. The van der Waals surface area contributed by atoms with Crippen molar-refractivity contribution >= 4 is 66.8 Å². The molecule has 6 nitrogen and oxygen atoms in total. The van der Waals surface area contributed by atoms with E-state index in [-0.39, 0.29) is 6.15 Å². The number of benzene rings is 4. The molecule has 0 unspecified atom stereocenters. The van der Waals surface area contributed by atoms with Crippen LogP contribution >= 0.6 is 23.2 Å². The van der Waals surface area contributed by atoms with E-state index in [0.29, 0.717) is 25.9 Å². The monoisotopic (exact) mass is 726 g/mol. The molecule has 0 spiro atoms. The molecule has 8 aromatic rings. The van der Waals surface area contributed by atoms with Crippen LogP contribution in [0.2, 0.25) is 10.0 Å². The van der Waals surface area contributed by atoms with Crippen LogP contribution < -0.4 is 11.9 Å². The molecule has 264 valence electrons. The summed E-state index contributed by atoms with van der Waals surface area (Å²) in [6, 6.07) is 37.9. The first kappa shape index (κ1) is 35.7. The summed E-state index contributed by atoms with van der Waals surface area (Å²) < 4.78 is 4.68. The van der Waals surface area contributed by atoms with Gasteiger partial charge in [-0.15, -0.1) is 0 Å². The van der Waals surface area contributed by atoms with Gasteiger partial charge in [0, 0.05) is 85.5 Å². The third kappa shape index (κ3) is 7.17. The largest absolute Gasteiger partial charge is 0.344 e. The predicted octanol–water partition coefficient (Wildman–Crippen LogP) is 11.3. The minimum atomic E-state index is -0.505. The molecule has 0 amide bonds. The number of fused-ring (bicyclic) bond motifs is 6. The first-order valence-corrected chi connectivity index (χ1v) is 18.6. The number of aromatic nitrogens is 4. The van der Waals surface area contributed by atoms with Gasteiger partial charge in [0.05, 0.1) is 23.4 Å². The Labute approximate surface area is 314 Å². The van der Waals surface area contributed by atoms with E-state index < -0.39 is 5.54 Å². The maximum absolute atomic E-state index is 7.44. The molecule has 0 saturated heterocycles. The van der Waals surface area contributed by atoms with E-state index in [1.165, 1.54) is 32.6 Å².